The van der Waals surface area contributed by atoms with E-state index in [-0.39, 0.29) is 42.1 Å². The summed E-state index contributed by atoms with van der Waals surface area (Å²) in [6.07, 6.45) is 10.5. The van der Waals surface area contributed by atoms with Crippen molar-refractivity contribution in [2.75, 3.05) is 46.8 Å². The zero-order valence-electron chi connectivity index (χ0n) is 41.7. The van der Waals surface area contributed by atoms with Crippen molar-refractivity contribution >= 4 is 29.8 Å². The number of carbonyl (C=O) groups excluding carboxylic acids is 5. The molecule has 1 N–H and O–H groups in total. The fourth-order valence-corrected chi connectivity index (χ4v) is 8.05. The Morgan fingerprint density at radius 3 is 1.66 bits per heavy atom. The number of hydrogen-bond donors (Lipinski definition) is 1. The Kier molecular flexibility index (Phi) is 24.0. The van der Waals surface area contributed by atoms with E-state index < -0.39 is 61.4 Å². The highest BCUT2D eigenvalue weighted by atomic mass is 16.6. The van der Waals surface area contributed by atoms with Crippen LogP contribution in [-0.2, 0) is 71.7 Å². The molecule has 0 amide bonds. The van der Waals surface area contributed by atoms with Gasteiger partial charge in [-0.2, -0.15) is 0 Å². The van der Waals surface area contributed by atoms with Gasteiger partial charge in [0.1, 0.15) is 37.6 Å². The monoisotopic (exact) mass is 945 g/mol. The number of hydrogen-bond acceptors (Lipinski definition) is 13. The van der Waals surface area contributed by atoms with Gasteiger partial charge < -0.3 is 38.3 Å². The first-order valence-corrected chi connectivity index (χ1v) is 23.9. The smallest absolute Gasteiger partial charge is 0.363 e. The third-order valence-corrected chi connectivity index (χ3v) is 12.1. The number of benzene rings is 2. The fraction of sp³-hybridized carbons (Fsp3) is 0.545. The van der Waals surface area contributed by atoms with Gasteiger partial charge in [0.15, 0.2) is 0 Å². The summed E-state index contributed by atoms with van der Waals surface area (Å²) in [6, 6.07) is 10.9. The second-order valence-corrected chi connectivity index (χ2v) is 18.3. The van der Waals surface area contributed by atoms with Gasteiger partial charge in [-0.05, 0) is 143 Å². The summed E-state index contributed by atoms with van der Waals surface area (Å²) in [6.45, 7) is 23.8. The van der Waals surface area contributed by atoms with Gasteiger partial charge in [0.05, 0.1) is 20.3 Å². The van der Waals surface area contributed by atoms with Gasteiger partial charge in [-0.1, -0.05) is 84.0 Å². The lowest BCUT2D eigenvalue weighted by Crippen LogP contribution is -2.44. The van der Waals surface area contributed by atoms with E-state index in [1.165, 1.54) is 83.3 Å². The molecule has 0 heterocycles. The molecular weight excluding hydrogens is 869 g/mol. The van der Waals surface area contributed by atoms with Gasteiger partial charge in [-0.15, -0.1) is 0 Å². The Labute approximate surface area is 404 Å². The van der Waals surface area contributed by atoms with Crippen molar-refractivity contribution in [1.82, 2.24) is 0 Å². The Hall–Kier alpha value is -5.53. The molecule has 1 aliphatic rings. The molecule has 0 aliphatic heterocycles. The molecule has 13 heteroatoms. The van der Waals surface area contributed by atoms with Crippen LogP contribution in [0.2, 0.25) is 0 Å². The molecule has 0 spiro atoms. The molecule has 0 saturated heterocycles. The molecule has 68 heavy (non-hydrogen) atoms. The van der Waals surface area contributed by atoms with Crippen LogP contribution in [0.1, 0.15) is 134 Å². The largest absolute Gasteiger partial charge is 0.492 e. The van der Waals surface area contributed by atoms with E-state index in [2.05, 4.69) is 69.2 Å². The number of esters is 5. The number of aliphatic hydroxyl groups is 1. The second kappa shape index (κ2) is 28.7. The molecule has 1 saturated carbocycles. The summed E-state index contributed by atoms with van der Waals surface area (Å²) in [4.78, 5) is 62.9. The molecule has 0 bridgehead atoms. The Morgan fingerprint density at radius 2 is 1.18 bits per heavy atom. The van der Waals surface area contributed by atoms with Gasteiger partial charge in [-0.25, -0.2) is 24.0 Å². The van der Waals surface area contributed by atoms with Gasteiger partial charge in [0.2, 0.25) is 0 Å². The van der Waals surface area contributed by atoms with Crippen molar-refractivity contribution in [2.24, 2.45) is 11.3 Å². The van der Waals surface area contributed by atoms with E-state index in [1.54, 1.807) is 6.92 Å². The zero-order chi connectivity index (χ0) is 50.4. The van der Waals surface area contributed by atoms with E-state index in [4.69, 9.17) is 28.4 Å². The SMILES string of the molecule is C=C(C)C(=O)OCCCc1cc(-c2ccc(C3CCC(CCCCC)CC3)cc2CC)cc(CCCOC(O)C(=O)OC)c1OCC(COC(=O)C(=C)C)(COC(=O)C(=C)C)COC(=O)C(=C)C. The van der Waals surface area contributed by atoms with E-state index in [9.17, 15) is 29.1 Å². The molecule has 2 aromatic rings. The van der Waals surface area contributed by atoms with Crippen molar-refractivity contribution < 1.29 is 62.2 Å². The van der Waals surface area contributed by atoms with Crippen LogP contribution in [0.4, 0.5) is 0 Å². The van der Waals surface area contributed by atoms with Gasteiger partial charge in [0.25, 0.3) is 6.29 Å². The molecule has 1 atom stereocenters. The first kappa shape index (κ1) is 56.8. The highest BCUT2D eigenvalue weighted by Gasteiger charge is 2.38. The van der Waals surface area contributed by atoms with Crippen molar-refractivity contribution in [1.29, 1.82) is 0 Å². The Balaban J connectivity index is 2.20. The summed E-state index contributed by atoms with van der Waals surface area (Å²) < 4.78 is 39.3. The molecule has 374 valence electrons. The van der Waals surface area contributed by atoms with Crippen LogP contribution in [0.15, 0.2) is 78.9 Å². The molecule has 1 aliphatic carbocycles. The molecule has 2 aromatic carbocycles. The minimum absolute atomic E-state index is 0.0175. The van der Waals surface area contributed by atoms with Crippen LogP contribution in [0.5, 0.6) is 5.75 Å². The molecular formula is C55H76O13. The minimum atomic E-state index is -1.77. The third kappa shape index (κ3) is 18.2. The maximum atomic E-state index is 12.8. The summed E-state index contributed by atoms with van der Waals surface area (Å²) in [7, 11) is 1.15. The summed E-state index contributed by atoms with van der Waals surface area (Å²) in [5.41, 5.74) is 5.16. The minimum Gasteiger partial charge on any atom is -0.492 e. The lowest BCUT2D eigenvalue weighted by Gasteiger charge is -2.33. The van der Waals surface area contributed by atoms with Crippen molar-refractivity contribution in [3.8, 4) is 16.9 Å². The highest BCUT2D eigenvalue weighted by Crippen LogP contribution is 2.41. The zero-order valence-corrected chi connectivity index (χ0v) is 41.7. The van der Waals surface area contributed by atoms with Crippen LogP contribution >= 0.6 is 0 Å². The summed E-state index contributed by atoms with van der Waals surface area (Å²) in [5, 5.41) is 10.2. The van der Waals surface area contributed by atoms with E-state index in [0.717, 1.165) is 41.7 Å². The topological polar surface area (TPSA) is 170 Å². The summed E-state index contributed by atoms with van der Waals surface area (Å²) in [5.74, 6) is -1.85. The maximum absolute atomic E-state index is 12.8. The predicted octanol–water partition coefficient (Wildman–Crippen LogP) is 9.99. The van der Waals surface area contributed by atoms with Crippen LogP contribution in [-0.4, -0.2) is 88.0 Å². The number of rotatable bonds is 30. The van der Waals surface area contributed by atoms with Gasteiger partial charge in [0, 0.05) is 22.3 Å². The average molecular weight is 945 g/mol. The number of carbonyl (C=O) groups is 5. The average Bonchev–Trinajstić information content (AvgIpc) is 3.32. The number of ether oxygens (including phenoxy) is 7. The fourth-order valence-electron chi connectivity index (χ4n) is 8.05. The summed E-state index contributed by atoms with van der Waals surface area (Å²) >= 11 is 0. The van der Waals surface area contributed by atoms with Gasteiger partial charge in [-0.3, -0.25) is 0 Å². The van der Waals surface area contributed by atoms with Gasteiger partial charge >= 0.3 is 29.8 Å². The number of methoxy groups -OCH3 is 1. The quantitative estimate of drug-likeness (QED) is 0.0258. The van der Waals surface area contributed by atoms with Crippen molar-refractivity contribution in [2.45, 2.75) is 137 Å². The molecule has 0 aromatic heterocycles. The third-order valence-electron chi connectivity index (χ3n) is 12.1. The van der Waals surface area contributed by atoms with E-state index >= 15 is 0 Å². The molecule has 0 radical (unpaired) electrons. The maximum Gasteiger partial charge on any atom is 0.363 e. The van der Waals surface area contributed by atoms with Crippen molar-refractivity contribution in [3.63, 3.8) is 0 Å². The number of aryl methyl sites for hydroxylation is 3. The lowest BCUT2D eigenvalue weighted by molar-refractivity contribution is -0.180. The second-order valence-electron chi connectivity index (χ2n) is 18.3. The van der Waals surface area contributed by atoms with E-state index in [0.29, 0.717) is 37.4 Å². The van der Waals surface area contributed by atoms with Crippen LogP contribution in [0.25, 0.3) is 11.1 Å². The predicted molar refractivity (Wildman–Crippen MR) is 262 cm³/mol. The van der Waals surface area contributed by atoms with Crippen molar-refractivity contribution in [3.05, 3.63) is 101 Å². The van der Waals surface area contributed by atoms with Crippen LogP contribution in [0, 0.1) is 11.3 Å². The molecule has 1 fully saturated rings. The lowest BCUT2D eigenvalue weighted by atomic mass is 9.76. The normalized spacial score (nSPS) is 15.1. The first-order chi connectivity index (χ1) is 32.3. The van der Waals surface area contributed by atoms with E-state index in [1.807, 2.05) is 6.07 Å². The standard InChI is InChI=1S/C55H76O13/c1-12-14-15-18-40-21-23-42(24-22-40)43-25-26-47(41(13-2)29-43)46-30-44(19-16-27-63-49(56)36(3)4)48(45(31-46)20-17-28-64-54(61)53(60)62-11)65-32-55(33-66-50(57)37(5)6,34-67-51(58)38(7)8)35-68-52(59)39(9)10/h25-26,29-31,40,42,54,61H,3,5,7,9,12-24,27-28,32-35H2,1-2,4,6,8,10-11H3. The first-order valence-electron chi connectivity index (χ1n) is 23.9. The molecule has 13 nitrogen and oxygen atoms in total. The van der Waals surface area contributed by atoms with Crippen LogP contribution in [0.3, 0.4) is 0 Å². The number of aliphatic hydroxyl groups excluding tert-OH is 1. The Morgan fingerprint density at radius 1 is 0.662 bits per heavy atom. The molecule has 1 unspecified atom stereocenters. The molecule has 3 rings (SSSR count). The van der Waals surface area contributed by atoms with Crippen LogP contribution < -0.4 is 4.74 Å². The highest BCUT2D eigenvalue weighted by molar-refractivity contribution is 5.88. The number of unbranched alkanes of at least 4 members (excludes halogenated alkanes) is 2. The Bertz CT molecular complexity index is 2020.